The zero-order valence-corrected chi connectivity index (χ0v) is 27.0. The highest BCUT2D eigenvalue weighted by atomic mass is 16.3. The molecule has 0 bridgehead atoms. The van der Waals surface area contributed by atoms with Gasteiger partial charge in [0.05, 0.1) is 23.9 Å². The van der Waals surface area contributed by atoms with Crippen LogP contribution in [0.5, 0.6) is 0 Å². The van der Waals surface area contributed by atoms with Crippen molar-refractivity contribution in [2.24, 2.45) is 0 Å². The molecule has 2 aromatic heterocycles. The van der Waals surface area contributed by atoms with Gasteiger partial charge in [-0.05, 0) is 76.9 Å². The molecule has 51 heavy (non-hydrogen) atoms. The third-order valence-corrected chi connectivity index (χ3v) is 9.30. The molecule has 0 amide bonds. The van der Waals surface area contributed by atoms with Crippen molar-refractivity contribution in [3.8, 4) is 22.3 Å². The monoisotopic (exact) mass is 655 g/mol. The van der Waals surface area contributed by atoms with Gasteiger partial charge in [0.2, 0.25) is 5.43 Å². The Kier molecular flexibility index (Phi) is 6.95. The molecule has 0 fully saturated rings. The van der Waals surface area contributed by atoms with Crippen LogP contribution in [0.4, 0.5) is 28.4 Å². The zero-order valence-electron chi connectivity index (χ0n) is 27.0. The van der Waals surface area contributed by atoms with Crippen molar-refractivity contribution in [3.63, 3.8) is 0 Å². The van der Waals surface area contributed by atoms with E-state index in [4.69, 9.17) is 22.0 Å². The number of nitrogens with zero attached hydrogens (tertiary/aromatic N) is 3. The first-order valence-corrected chi connectivity index (χ1v) is 16.4. The first-order chi connectivity index (χ1) is 25.1. The molecule has 0 atom stereocenters. The van der Waals surface area contributed by atoms with Gasteiger partial charge in [-0.2, -0.15) is 0 Å². The quantitative estimate of drug-likeness (QED) is 0.137. The third-order valence-electron chi connectivity index (χ3n) is 9.30. The second kappa shape index (κ2) is 11.9. The van der Waals surface area contributed by atoms with E-state index in [1.54, 1.807) is 24.3 Å². The van der Waals surface area contributed by atoms with Crippen molar-refractivity contribution < 1.29 is 8.83 Å². The summed E-state index contributed by atoms with van der Waals surface area (Å²) in [5, 5.41) is 2.50. The predicted molar refractivity (Wildman–Crippen MR) is 205 cm³/mol. The lowest BCUT2D eigenvalue weighted by atomic mass is 9.91. The minimum Gasteiger partial charge on any atom is -0.456 e. The Morgan fingerprint density at radius 3 is 1.51 bits per heavy atom. The van der Waals surface area contributed by atoms with Gasteiger partial charge >= 0.3 is 0 Å². The summed E-state index contributed by atoms with van der Waals surface area (Å²) in [6, 6.07) is 48.4. The maximum atomic E-state index is 14.3. The van der Waals surface area contributed by atoms with Crippen LogP contribution in [0.15, 0.2) is 165 Å². The number of hydrogen-bond donors (Lipinski definition) is 0. The SMILES string of the molecule is [C-]#[N+]c1ccccc1-c1cc2oc3cc4oc5cc(N(c6ccccc6)c6ccccc6)ccc5c4cc3c(=O)c2cc1-c1ccccc1[N+]#[C-]. The molecule has 2 heterocycles. The average molecular weight is 656 g/mol. The van der Waals surface area contributed by atoms with Crippen LogP contribution in [0.2, 0.25) is 0 Å². The van der Waals surface area contributed by atoms with Crippen LogP contribution in [0.3, 0.4) is 0 Å². The van der Waals surface area contributed by atoms with Gasteiger partial charge in [0.1, 0.15) is 22.3 Å². The Labute approximate surface area is 292 Å². The van der Waals surface area contributed by atoms with Gasteiger partial charge in [-0.15, -0.1) is 0 Å². The molecule has 6 nitrogen and oxygen atoms in total. The largest absolute Gasteiger partial charge is 0.456 e. The van der Waals surface area contributed by atoms with Crippen molar-refractivity contribution in [2.45, 2.75) is 0 Å². The highest BCUT2D eigenvalue weighted by Gasteiger charge is 2.20. The smallest absolute Gasteiger partial charge is 0.200 e. The summed E-state index contributed by atoms with van der Waals surface area (Å²) in [6.45, 7) is 15.7. The lowest BCUT2D eigenvalue weighted by Crippen LogP contribution is -2.09. The van der Waals surface area contributed by atoms with Crippen LogP contribution in [-0.4, -0.2) is 0 Å². The van der Waals surface area contributed by atoms with Crippen LogP contribution < -0.4 is 10.3 Å². The van der Waals surface area contributed by atoms with Gasteiger partial charge in [0.15, 0.2) is 11.4 Å². The van der Waals surface area contributed by atoms with E-state index in [1.807, 2.05) is 97.1 Å². The molecule has 0 unspecified atom stereocenters. The average Bonchev–Trinajstić information content (AvgIpc) is 3.54. The standard InChI is InChI=1S/C45H25N3O3/c1-46-39-19-11-9-17-31(39)34-24-37-42(26-35(34)32-18-10-12-20-40(32)47-2)51-44-27-43-36(25-38(44)45(37)49)33-22-21-30(23-41(33)50-43)48(28-13-5-3-6-14-28)29-15-7-4-8-16-29/h3-27H. The van der Waals surface area contributed by atoms with Crippen LogP contribution in [0.25, 0.3) is 75.8 Å². The maximum Gasteiger partial charge on any atom is 0.200 e. The summed E-state index contributed by atoms with van der Waals surface area (Å²) >= 11 is 0. The first kappa shape index (κ1) is 29.7. The Balaban J connectivity index is 1.26. The van der Waals surface area contributed by atoms with Crippen LogP contribution in [0, 0.1) is 13.1 Å². The molecule has 7 aromatic carbocycles. The molecule has 0 saturated heterocycles. The first-order valence-electron chi connectivity index (χ1n) is 16.4. The summed E-state index contributed by atoms with van der Waals surface area (Å²) in [6.07, 6.45) is 0. The lowest BCUT2D eigenvalue weighted by Gasteiger charge is -2.25. The Hall–Kier alpha value is -7.41. The van der Waals surface area contributed by atoms with Gasteiger partial charge in [-0.1, -0.05) is 84.9 Å². The normalized spacial score (nSPS) is 11.2. The van der Waals surface area contributed by atoms with Gasteiger partial charge in [-0.3, -0.25) is 4.79 Å². The lowest BCUT2D eigenvalue weighted by molar-refractivity contribution is 0.651. The Bertz CT molecular complexity index is 2930. The fraction of sp³-hybridized carbons (Fsp3) is 0. The van der Waals surface area contributed by atoms with Crippen LogP contribution >= 0.6 is 0 Å². The van der Waals surface area contributed by atoms with Crippen molar-refractivity contribution in [1.82, 2.24) is 0 Å². The third kappa shape index (κ3) is 4.91. The molecule has 0 aliphatic rings. The van der Waals surface area contributed by atoms with Gasteiger partial charge in [0.25, 0.3) is 0 Å². The Morgan fingerprint density at radius 2 is 0.902 bits per heavy atom. The van der Waals surface area contributed by atoms with E-state index in [1.165, 1.54) is 0 Å². The predicted octanol–water partition coefficient (Wildman–Crippen LogP) is 12.8. The number of hydrogen-bond acceptors (Lipinski definition) is 4. The minimum absolute atomic E-state index is 0.190. The van der Waals surface area contributed by atoms with Gasteiger partial charge < -0.3 is 13.7 Å². The summed E-state index contributed by atoms with van der Waals surface area (Å²) < 4.78 is 12.9. The second-order valence-corrected chi connectivity index (χ2v) is 12.2. The summed E-state index contributed by atoms with van der Waals surface area (Å²) in [5.41, 5.74) is 8.50. The highest BCUT2D eigenvalue weighted by molar-refractivity contribution is 6.11. The van der Waals surface area contributed by atoms with Gasteiger partial charge in [-0.25, -0.2) is 9.69 Å². The summed E-state index contributed by atoms with van der Waals surface area (Å²) in [4.78, 5) is 24.0. The minimum atomic E-state index is -0.190. The molecule has 0 aliphatic heterocycles. The van der Waals surface area contributed by atoms with E-state index in [0.717, 1.165) is 27.8 Å². The van der Waals surface area contributed by atoms with E-state index < -0.39 is 0 Å². The molecule has 6 heteroatoms. The highest BCUT2D eigenvalue weighted by Crippen LogP contribution is 2.44. The molecule has 238 valence electrons. The second-order valence-electron chi connectivity index (χ2n) is 12.2. The molecule has 0 spiro atoms. The molecular weight excluding hydrogens is 631 g/mol. The number of fused-ring (bicyclic) bond motifs is 5. The van der Waals surface area contributed by atoms with Crippen molar-refractivity contribution in [2.75, 3.05) is 4.90 Å². The number of para-hydroxylation sites is 4. The molecule has 9 aromatic rings. The fourth-order valence-corrected chi connectivity index (χ4v) is 6.94. The van der Waals surface area contributed by atoms with E-state index >= 15 is 0 Å². The number of anilines is 3. The van der Waals surface area contributed by atoms with E-state index in [-0.39, 0.29) is 5.43 Å². The van der Waals surface area contributed by atoms with E-state index in [0.29, 0.717) is 66.7 Å². The molecule has 0 N–H and O–H groups in total. The topological polar surface area (TPSA) is 55.3 Å². The number of furan rings is 1. The van der Waals surface area contributed by atoms with Crippen LogP contribution in [0.1, 0.15) is 0 Å². The van der Waals surface area contributed by atoms with E-state index in [9.17, 15) is 4.79 Å². The van der Waals surface area contributed by atoms with E-state index in [2.05, 4.69) is 44.9 Å². The van der Waals surface area contributed by atoms with Crippen molar-refractivity contribution >= 4 is 72.3 Å². The molecular formula is C45H25N3O3. The summed E-state index contributed by atoms with van der Waals surface area (Å²) in [7, 11) is 0. The summed E-state index contributed by atoms with van der Waals surface area (Å²) in [5.74, 6) is 0. The molecule has 0 saturated carbocycles. The Morgan fingerprint density at radius 1 is 0.412 bits per heavy atom. The number of benzene rings is 7. The van der Waals surface area contributed by atoms with Crippen molar-refractivity contribution in [1.29, 1.82) is 0 Å². The van der Waals surface area contributed by atoms with Crippen LogP contribution in [-0.2, 0) is 0 Å². The molecule has 9 rings (SSSR count). The fourth-order valence-electron chi connectivity index (χ4n) is 6.94. The maximum absolute atomic E-state index is 14.3. The molecule has 0 aliphatic carbocycles. The zero-order chi connectivity index (χ0) is 34.5. The van der Waals surface area contributed by atoms with Gasteiger partial charge in [0, 0.05) is 40.0 Å². The number of rotatable bonds is 5. The molecule has 0 radical (unpaired) electrons. The van der Waals surface area contributed by atoms with Crippen molar-refractivity contribution in [3.05, 3.63) is 185 Å².